The van der Waals surface area contributed by atoms with Crippen LogP contribution < -0.4 is 9.47 Å². The summed E-state index contributed by atoms with van der Waals surface area (Å²) in [4.78, 5) is 0. The van der Waals surface area contributed by atoms with Gasteiger partial charge in [0.2, 0.25) is 0 Å². The summed E-state index contributed by atoms with van der Waals surface area (Å²) in [6, 6.07) is 2.21. The van der Waals surface area contributed by atoms with E-state index in [0.717, 1.165) is 45.5 Å². The summed E-state index contributed by atoms with van der Waals surface area (Å²) < 4.78 is 12.3. The van der Waals surface area contributed by atoms with E-state index in [-0.39, 0.29) is 0 Å². The fourth-order valence-corrected chi connectivity index (χ4v) is 3.15. The normalized spacial score (nSPS) is 16.0. The molecule has 0 bridgehead atoms. The smallest absolute Gasteiger partial charge is 0.137 e. The Balaban J connectivity index is 2.28. The second-order valence-electron chi connectivity index (χ2n) is 3.94. The van der Waals surface area contributed by atoms with Gasteiger partial charge in [-0.2, -0.15) is 5.26 Å². The molecule has 0 atom stereocenters. The molecule has 1 aromatic rings. The molecule has 2 aliphatic rings. The van der Waals surface area contributed by atoms with E-state index in [0.29, 0.717) is 19.6 Å². The van der Waals surface area contributed by atoms with Gasteiger partial charge in [0, 0.05) is 29.5 Å². The van der Waals surface area contributed by atoms with Crippen LogP contribution in [0.2, 0.25) is 0 Å². The second kappa shape index (κ2) is 3.67. The largest absolute Gasteiger partial charge is 0.493 e. The predicted molar refractivity (Wildman–Crippen MR) is 61.9 cm³/mol. The second-order valence-corrected chi connectivity index (χ2v) is 4.73. The SMILES string of the molecule is N#CCc1c2c(c(Br)c3c1OCC3)OCC2. The molecule has 0 aliphatic carbocycles. The molecular formula is C12H10BrNO2. The number of ether oxygens (including phenoxy) is 2. The zero-order chi connectivity index (χ0) is 11.1. The van der Waals surface area contributed by atoms with Gasteiger partial charge in [-0.3, -0.25) is 0 Å². The summed E-state index contributed by atoms with van der Waals surface area (Å²) in [5, 5.41) is 8.89. The van der Waals surface area contributed by atoms with Crippen LogP contribution in [0.3, 0.4) is 0 Å². The first-order chi connectivity index (χ1) is 7.83. The summed E-state index contributed by atoms with van der Waals surface area (Å²) >= 11 is 3.58. The van der Waals surface area contributed by atoms with Crippen molar-refractivity contribution >= 4 is 15.9 Å². The lowest BCUT2D eigenvalue weighted by molar-refractivity contribution is 0.353. The minimum atomic E-state index is 0.404. The highest BCUT2D eigenvalue weighted by atomic mass is 79.9. The van der Waals surface area contributed by atoms with E-state index in [4.69, 9.17) is 14.7 Å². The zero-order valence-corrected chi connectivity index (χ0v) is 10.3. The maximum atomic E-state index is 8.89. The van der Waals surface area contributed by atoms with Gasteiger partial charge in [-0.1, -0.05) is 0 Å². The Morgan fingerprint density at radius 3 is 2.56 bits per heavy atom. The molecule has 0 aromatic heterocycles. The monoisotopic (exact) mass is 279 g/mol. The first-order valence-corrected chi connectivity index (χ1v) is 6.11. The molecule has 0 amide bonds. The summed E-state index contributed by atoms with van der Waals surface area (Å²) in [7, 11) is 0. The Labute approximate surface area is 102 Å². The number of benzene rings is 1. The van der Waals surface area contributed by atoms with E-state index in [2.05, 4.69) is 22.0 Å². The fraction of sp³-hybridized carbons (Fsp3) is 0.417. The molecule has 3 nitrogen and oxygen atoms in total. The van der Waals surface area contributed by atoms with Gasteiger partial charge < -0.3 is 9.47 Å². The lowest BCUT2D eigenvalue weighted by atomic mass is 9.98. The van der Waals surface area contributed by atoms with Crippen molar-refractivity contribution in [2.45, 2.75) is 19.3 Å². The van der Waals surface area contributed by atoms with Crippen LogP contribution in [-0.4, -0.2) is 13.2 Å². The Hall–Kier alpha value is -1.21. The maximum Gasteiger partial charge on any atom is 0.137 e. The third kappa shape index (κ3) is 1.24. The Morgan fingerprint density at radius 1 is 1.12 bits per heavy atom. The number of halogens is 1. The molecule has 1 aromatic carbocycles. The molecule has 0 saturated carbocycles. The number of rotatable bonds is 1. The van der Waals surface area contributed by atoms with Gasteiger partial charge in [-0.05, 0) is 15.9 Å². The standard InChI is InChI=1S/C12H10BrNO2/c13-10-9-3-6-15-11(9)7(1-4-14)8-2-5-16-12(8)10/h1-3,5-6H2. The Kier molecular flexibility index (Phi) is 2.29. The van der Waals surface area contributed by atoms with Crippen LogP contribution in [0, 0.1) is 11.3 Å². The Morgan fingerprint density at radius 2 is 1.81 bits per heavy atom. The van der Waals surface area contributed by atoms with E-state index in [1.54, 1.807) is 0 Å². The predicted octanol–water partition coefficient (Wildman–Crippen LogP) is 2.38. The number of nitriles is 1. The highest BCUT2D eigenvalue weighted by Gasteiger charge is 2.29. The lowest BCUT2D eigenvalue weighted by Crippen LogP contribution is -1.96. The molecule has 82 valence electrons. The topological polar surface area (TPSA) is 42.2 Å². The third-order valence-corrected chi connectivity index (χ3v) is 3.94. The average Bonchev–Trinajstić information content (AvgIpc) is 2.92. The third-order valence-electron chi connectivity index (χ3n) is 3.10. The van der Waals surface area contributed by atoms with Crippen molar-refractivity contribution in [1.82, 2.24) is 0 Å². The van der Waals surface area contributed by atoms with Gasteiger partial charge in [-0.15, -0.1) is 0 Å². The molecule has 2 heterocycles. The summed E-state index contributed by atoms with van der Waals surface area (Å²) in [5.41, 5.74) is 3.34. The number of hydrogen-bond donors (Lipinski definition) is 0. The molecular weight excluding hydrogens is 270 g/mol. The molecule has 0 spiro atoms. The van der Waals surface area contributed by atoms with Crippen molar-refractivity contribution < 1.29 is 9.47 Å². The van der Waals surface area contributed by atoms with Gasteiger partial charge in [-0.25, -0.2) is 0 Å². The first kappa shape index (κ1) is 9.98. The Bertz CT molecular complexity index is 470. The minimum Gasteiger partial charge on any atom is -0.493 e. The molecule has 0 saturated heterocycles. The maximum absolute atomic E-state index is 8.89. The van der Waals surface area contributed by atoms with Gasteiger partial charge in [0.05, 0.1) is 30.2 Å². The number of fused-ring (bicyclic) bond motifs is 2. The van der Waals surface area contributed by atoms with E-state index in [1.165, 1.54) is 0 Å². The molecule has 0 fully saturated rings. The van der Waals surface area contributed by atoms with E-state index in [9.17, 15) is 0 Å². The highest BCUT2D eigenvalue weighted by molar-refractivity contribution is 9.10. The van der Waals surface area contributed by atoms with Crippen LogP contribution >= 0.6 is 15.9 Å². The van der Waals surface area contributed by atoms with Crippen molar-refractivity contribution in [3.05, 3.63) is 21.2 Å². The van der Waals surface area contributed by atoms with Crippen molar-refractivity contribution in [2.75, 3.05) is 13.2 Å². The van der Waals surface area contributed by atoms with Gasteiger partial charge in [0.1, 0.15) is 11.5 Å². The highest BCUT2D eigenvalue weighted by Crippen LogP contribution is 2.47. The summed E-state index contributed by atoms with van der Waals surface area (Å²) in [6.07, 6.45) is 2.17. The molecule has 2 aliphatic heterocycles. The van der Waals surface area contributed by atoms with E-state index in [1.807, 2.05) is 0 Å². The van der Waals surface area contributed by atoms with Crippen LogP contribution in [0.15, 0.2) is 4.47 Å². The first-order valence-electron chi connectivity index (χ1n) is 5.31. The average molecular weight is 280 g/mol. The quantitative estimate of drug-likeness (QED) is 0.793. The minimum absolute atomic E-state index is 0.404. The van der Waals surface area contributed by atoms with E-state index < -0.39 is 0 Å². The van der Waals surface area contributed by atoms with Gasteiger partial charge in [0.15, 0.2) is 0 Å². The molecule has 0 radical (unpaired) electrons. The van der Waals surface area contributed by atoms with Gasteiger partial charge >= 0.3 is 0 Å². The van der Waals surface area contributed by atoms with E-state index >= 15 is 0 Å². The van der Waals surface area contributed by atoms with Gasteiger partial charge in [0.25, 0.3) is 0 Å². The summed E-state index contributed by atoms with van der Waals surface area (Å²) in [6.45, 7) is 1.41. The number of hydrogen-bond acceptors (Lipinski definition) is 3. The molecule has 0 N–H and O–H groups in total. The zero-order valence-electron chi connectivity index (χ0n) is 8.68. The molecule has 3 rings (SSSR count). The summed E-state index contributed by atoms with van der Waals surface area (Å²) in [5.74, 6) is 1.84. The molecule has 0 unspecified atom stereocenters. The molecule has 4 heteroatoms. The van der Waals surface area contributed by atoms with Crippen molar-refractivity contribution in [2.24, 2.45) is 0 Å². The lowest BCUT2D eigenvalue weighted by Gasteiger charge is -2.12. The van der Waals surface area contributed by atoms with Crippen LogP contribution in [0.5, 0.6) is 11.5 Å². The number of nitrogens with zero attached hydrogens (tertiary/aromatic N) is 1. The fourth-order valence-electron chi connectivity index (χ4n) is 2.41. The van der Waals surface area contributed by atoms with Crippen molar-refractivity contribution in [3.8, 4) is 17.6 Å². The van der Waals surface area contributed by atoms with Crippen LogP contribution in [0.4, 0.5) is 0 Å². The molecule has 16 heavy (non-hydrogen) atoms. The van der Waals surface area contributed by atoms with Crippen LogP contribution in [-0.2, 0) is 19.3 Å². The van der Waals surface area contributed by atoms with Crippen LogP contribution in [0.1, 0.15) is 16.7 Å². The van der Waals surface area contributed by atoms with Crippen molar-refractivity contribution in [1.29, 1.82) is 5.26 Å². The van der Waals surface area contributed by atoms with Crippen LogP contribution in [0.25, 0.3) is 0 Å². The van der Waals surface area contributed by atoms with Crippen molar-refractivity contribution in [3.63, 3.8) is 0 Å².